The molecule has 4 N–H and O–H groups in total. The van der Waals surface area contributed by atoms with Gasteiger partial charge < -0.3 is 25.8 Å². The number of halogens is 1. The molecule has 37 heavy (non-hydrogen) atoms. The number of benzene rings is 2. The summed E-state index contributed by atoms with van der Waals surface area (Å²) in [5.41, 5.74) is 0.865. The Kier molecular flexibility index (Phi) is 9.24. The van der Waals surface area contributed by atoms with Crippen molar-refractivity contribution < 1.29 is 29.0 Å². The van der Waals surface area contributed by atoms with Crippen LogP contribution in [0.5, 0.6) is 0 Å². The zero-order chi connectivity index (χ0) is 26.9. The molecule has 0 unspecified atom stereocenters. The minimum Gasteiger partial charge on any atom is -0.478 e. The molecular formula is C23H24ClN7O6. The summed E-state index contributed by atoms with van der Waals surface area (Å²) in [6.45, 7) is 1.87. The number of nitrogens with zero attached hydrogens (tertiary/aromatic N) is 4. The lowest BCUT2D eigenvalue weighted by molar-refractivity contribution is -0.138. The number of tetrazole rings is 1. The molecule has 0 fully saturated rings. The van der Waals surface area contributed by atoms with Crippen molar-refractivity contribution in [1.82, 2.24) is 25.5 Å². The average Bonchev–Trinajstić information content (AvgIpc) is 3.41. The predicted octanol–water partition coefficient (Wildman–Crippen LogP) is 1.89. The van der Waals surface area contributed by atoms with E-state index < -0.39 is 35.8 Å². The van der Waals surface area contributed by atoms with Gasteiger partial charge in [0, 0.05) is 17.8 Å². The number of carboxylic acid groups (broad SMARTS) is 1. The van der Waals surface area contributed by atoms with E-state index in [1.807, 2.05) is 6.92 Å². The molecule has 0 aliphatic heterocycles. The summed E-state index contributed by atoms with van der Waals surface area (Å²) < 4.78 is 6.69. The molecule has 0 bridgehead atoms. The number of hydrogen-bond acceptors (Lipinski definition) is 8. The highest BCUT2D eigenvalue weighted by atomic mass is 35.5. The van der Waals surface area contributed by atoms with Gasteiger partial charge in [-0.25, -0.2) is 4.79 Å². The summed E-state index contributed by atoms with van der Waals surface area (Å²) in [6, 6.07) is 8.77. The second kappa shape index (κ2) is 12.6. The first-order valence-corrected chi connectivity index (χ1v) is 11.4. The fourth-order valence-corrected chi connectivity index (χ4v) is 3.59. The van der Waals surface area contributed by atoms with E-state index in [4.69, 9.17) is 21.4 Å². The number of amides is 3. The maximum absolute atomic E-state index is 13.1. The predicted molar refractivity (Wildman–Crippen MR) is 132 cm³/mol. The number of rotatable bonds is 10. The summed E-state index contributed by atoms with van der Waals surface area (Å²) in [4.78, 5) is 49.8. The van der Waals surface area contributed by atoms with Crippen LogP contribution in [0.3, 0.4) is 0 Å². The first-order chi connectivity index (χ1) is 17.7. The van der Waals surface area contributed by atoms with Crippen molar-refractivity contribution in [1.29, 1.82) is 0 Å². The van der Waals surface area contributed by atoms with Gasteiger partial charge in [0.2, 0.25) is 5.91 Å². The molecular weight excluding hydrogens is 506 g/mol. The Bertz CT molecular complexity index is 1270. The van der Waals surface area contributed by atoms with Crippen LogP contribution >= 0.6 is 11.6 Å². The molecule has 13 nitrogen and oxygen atoms in total. The lowest BCUT2D eigenvalue weighted by atomic mass is 10.0. The van der Waals surface area contributed by atoms with Crippen LogP contribution < -0.4 is 16.0 Å². The largest absolute Gasteiger partial charge is 0.478 e. The van der Waals surface area contributed by atoms with E-state index in [9.17, 15) is 19.2 Å². The summed E-state index contributed by atoms with van der Waals surface area (Å²) in [5.74, 6) is -3.92. The monoisotopic (exact) mass is 529 g/mol. The normalized spacial score (nSPS) is 12.3. The van der Waals surface area contributed by atoms with Crippen LogP contribution in [0.25, 0.3) is 5.69 Å². The molecule has 3 rings (SSSR count). The van der Waals surface area contributed by atoms with Crippen molar-refractivity contribution >= 4 is 46.7 Å². The minimum absolute atomic E-state index is 0.0438. The molecule has 1 aromatic heterocycles. The minimum atomic E-state index is -1.24. The Morgan fingerprint density at radius 1 is 1.08 bits per heavy atom. The molecule has 194 valence electrons. The van der Waals surface area contributed by atoms with Crippen LogP contribution in [0.1, 0.15) is 30.1 Å². The lowest BCUT2D eigenvalue weighted by Gasteiger charge is -2.26. The van der Waals surface area contributed by atoms with Gasteiger partial charge in [0.05, 0.1) is 23.0 Å². The van der Waals surface area contributed by atoms with Crippen LogP contribution in [0, 0.1) is 0 Å². The first-order valence-electron chi connectivity index (χ1n) is 11.0. The number of methoxy groups -OCH3 is 1. The summed E-state index contributed by atoms with van der Waals surface area (Å²) in [7, 11) is 1.39. The third-order valence-corrected chi connectivity index (χ3v) is 5.46. The molecule has 2 aromatic carbocycles. The van der Waals surface area contributed by atoms with E-state index in [2.05, 4.69) is 31.5 Å². The number of carboxylic acids is 1. The van der Waals surface area contributed by atoms with Crippen LogP contribution in [0.4, 0.5) is 11.4 Å². The van der Waals surface area contributed by atoms with Gasteiger partial charge >= 0.3 is 17.8 Å². The van der Waals surface area contributed by atoms with Gasteiger partial charge in [0.1, 0.15) is 12.4 Å². The fourth-order valence-electron chi connectivity index (χ4n) is 3.41. The molecule has 0 saturated carbocycles. The van der Waals surface area contributed by atoms with Gasteiger partial charge in [-0.2, -0.15) is 4.68 Å². The van der Waals surface area contributed by atoms with Crippen LogP contribution in [-0.2, 0) is 19.1 Å². The molecule has 0 spiro atoms. The highest BCUT2D eigenvalue weighted by Crippen LogP contribution is 2.24. The quantitative estimate of drug-likeness (QED) is 0.285. The highest BCUT2D eigenvalue weighted by Gasteiger charge is 2.32. The van der Waals surface area contributed by atoms with Gasteiger partial charge in [-0.15, -0.1) is 5.10 Å². The maximum atomic E-state index is 13.1. The number of carbonyl (C=O) groups excluding carboxylic acids is 3. The third-order valence-electron chi connectivity index (χ3n) is 5.23. The fraction of sp³-hybridized carbons (Fsp3) is 0.261. The number of aromatic carboxylic acids is 1. The van der Waals surface area contributed by atoms with E-state index in [1.165, 1.54) is 48.5 Å². The number of carbonyl (C=O) groups is 4. The van der Waals surface area contributed by atoms with Gasteiger partial charge in [-0.1, -0.05) is 24.9 Å². The molecule has 1 heterocycles. The van der Waals surface area contributed by atoms with Crippen LogP contribution in [0.2, 0.25) is 5.02 Å². The summed E-state index contributed by atoms with van der Waals surface area (Å²) in [5, 5.41) is 27.7. The third kappa shape index (κ3) is 7.08. The van der Waals surface area contributed by atoms with Gasteiger partial charge in [0.15, 0.2) is 0 Å². The van der Waals surface area contributed by atoms with E-state index >= 15 is 0 Å². The molecule has 2 atom stereocenters. The number of hydrogen-bond donors (Lipinski definition) is 4. The highest BCUT2D eigenvalue weighted by molar-refractivity contribution is 6.40. The summed E-state index contributed by atoms with van der Waals surface area (Å²) in [6.07, 6.45) is 1.60. The van der Waals surface area contributed by atoms with Crippen molar-refractivity contribution in [2.24, 2.45) is 0 Å². The smallest absolute Gasteiger partial charge is 0.335 e. The number of ether oxygens (including phenoxy) is 1. The van der Waals surface area contributed by atoms with Crippen LogP contribution in [-0.4, -0.2) is 68.3 Å². The van der Waals surface area contributed by atoms with Gasteiger partial charge in [-0.05, 0) is 59.3 Å². The second-order valence-corrected chi connectivity index (χ2v) is 8.19. The zero-order valence-corrected chi connectivity index (χ0v) is 20.6. The average molecular weight is 530 g/mol. The van der Waals surface area contributed by atoms with Crippen LogP contribution in [0.15, 0.2) is 48.8 Å². The maximum Gasteiger partial charge on any atom is 0.335 e. The van der Waals surface area contributed by atoms with Crippen molar-refractivity contribution in [3.8, 4) is 5.69 Å². The van der Waals surface area contributed by atoms with Crippen molar-refractivity contribution in [2.45, 2.75) is 31.9 Å². The van der Waals surface area contributed by atoms with E-state index in [1.54, 1.807) is 12.1 Å². The molecule has 0 radical (unpaired) electrons. The number of aromatic nitrogens is 4. The van der Waals surface area contributed by atoms with E-state index in [0.717, 1.165) is 0 Å². The second-order valence-electron chi connectivity index (χ2n) is 7.76. The standard InChI is InChI=1S/C23H24ClN7O6/c1-3-4-18(37-2)19(20(32)26-15-8-5-13(6-9-15)23(35)36)28-22(34)21(33)27-16-11-14(24)7-10-17(16)31-12-25-29-30-31/h5-12,18-19H,3-4H2,1-2H3,(H,26,32)(H,27,33)(H,28,34)(H,35,36)/t18-,19-/m0/s1. The van der Waals surface area contributed by atoms with Crippen molar-refractivity contribution in [3.63, 3.8) is 0 Å². The number of nitrogens with one attached hydrogen (secondary N) is 3. The van der Waals surface area contributed by atoms with Gasteiger partial charge in [0.25, 0.3) is 0 Å². The van der Waals surface area contributed by atoms with Crippen molar-refractivity contribution in [2.75, 3.05) is 17.7 Å². The molecule has 0 aliphatic rings. The molecule has 0 aliphatic carbocycles. The molecule has 3 amide bonds. The Labute approximate surface area is 216 Å². The zero-order valence-electron chi connectivity index (χ0n) is 19.8. The summed E-state index contributed by atoms with van der Waals surface area (Å²) >= 11 is 6.05. The molecule has 14 heteroatoms. The van der Waals surface area contributed by atoms with Gasteiger partial charge in [-0.3, -0.25) is 14.4 Å². The SMILES string of the molecule is CCC[C@H](OC)[C@H](NC(=O)C(=O)Nc1cc(Cl)ccc1-n1cnnn1)C(=O)Nc1ccc(C(=O)O)cc1. The Morgan fingerprint density at radius 2 is 1.81 bits per heavy atom. The number of anilines is 2. The Hall–Kier alpha value is -4.36. The topological polar surface area (TPSA) is 177 Å². The first kappa shape index (κ1) is 27.2. The van der Waals surface area contributed by atoms with E-state index in [0.29, 0.717) is 29.2 Å². The molecule has 3 aromatic rings. The Balaban J connectivity index is 1.78. The Morgan fingerprint density at radius 3 is 2.41 bits per heavy atom. The van der Waals surface area contributed by atoms with E-state index in [-0.39, 0.29) is 11.3 Å². The molecule has 0 saturated heterocycles. The van der Waals surface area contributed by atoms with Crippen molar-refractivity contribution in [3.05, 3.63) is 59.4 Å². The lowest BCUT2D eigenvalue weighted by Crippen LogP contribution is -2.54.